The molecule has 1 aliphatic heterocycles. The maximum Gasteiger partial charge on any atom is 0.254 e. The van der Waals surface area contributed by atoms with E-state index in [1.807, 2.05) is 29.2 Å². The van der Waals surface area contributed by atoms with Crippen LogP contribution in [0.5, 0.6) is 11.5 Å². The number of benzene rings is 2. The molecular weight excluding hydrogens is 326 g/mol. The first-order valence-electron chi connectivity index (χ1n) is 9.36. The Morgan fingerprint density at radius 3 is 2.65 bits per heavy atom. The maximum absolute atomic E-state index is 13.2. The fourth-order valence-electron chi connectivity index (χ4n) is 4.30. The number of hydrogen-bond donors (Lipinski definition) is 0. The standard InChI is InChI=1S/C22H25NO3/c1-25-18-10-11-21(26-2)19(14-18)20-7-4-12-23(20)22(24)17-9-8-15-5-3-6-16(15)13-17/h8-11,13-14,20H,3-7,12H2,1-2H3. The molecule has 0 spiro atoms. The molecular formula is C22H25NO3. The lowest BCUT2D eigenvalue weighted by molar-refractivity contribution is 0.0734. The van der Waals surface area contributed by atoms with Gasteiger partial charge in [0.1, 0.15) is 11.5 Å². The van der Waals surface area contributed by atoms with Gasteiger partial charge in [-0.1, -0.05) is 6.07 Å². The molecule has 1 amide bonds. The summed E-state index contributed by atoms with van der Waals surface area (Å²) in [4.78, 5) is 15.2. The predicted molar refractivity (Wildman–Crippen MR) is 101 cm³/mol. The molecule has 0 aromatic heterocycles. The minimum atomic E-state index is 0.0285. The van der Waals surface area contributed by atoms with Crippen molar-refractivity contribution in [2.45, 2.75) is 38.1 Å². The Bertz CT molecular complexity index is 830. The average Bonchev–Trinajstić information content (AvgIpc) is 3.35. The molecule has 1 heterocycles. The van der Waals surface area contributed by atoms with Crippen LogP contribution in [-0.2, 0) is 12.8 Å². The molecule has 1 fully saturated rings. The van der Waals surface area contributed by atoms with Gasteiger partial charge in [-0.3, -0.25) is 4.79 Å². The van der Waals surface area contributed by atoms with Crippen molar-refractivity contribution in [2.75, 3.05) is 20.8 Å². The molecule has 2 aliphatic rings. The van der Waals surface area contributed by atoms with E-state index < -0.39 is 0 Å². The summed E-state index contributed by atoms with van der Waals surface area (Å²) in [5.74, 6) is 1.72. The molecule has 2 aromatic carbocycles. The number of aryl methyl sites for hydroxylation is 2. The zero-order valence-electron chi connectivity index (χ0n) is 15.5. The summed E-state index contributed by atoms with van der Waals surface area (Å²) in [7, 11) is 3.33. The van der Waals surface area contributed by atoms with Crippen molar-refractivity contribution in [2.24, 2.45) is 0 Å². The fourth-order valence-corrected chi connectivity index (χ4v) is 4.30. The lowest BCUT2D eigenvalue weighted by atomic mass is 10.0. The van der Waals surface area contributed by atoms with Gasteiger partial charge in [-0.2, -0.15) is 0 Å². The third-order valence-corrected chi connectivity index (χ3v) is 5.65. The van der Waals surface area contributed by atoms with Crippen molar-refractivity contribution in [1.29, 1.82) is 0 Å². The van der Waals surface area contributed by atoms with Crippen LogP contribution in [0.25, 0.3) is 0 Å². The van der Waals surface area contributed by atoms with Gasteiger partial charge in [-0.15, -0.1) is 0 Å². The van der Waals surface area contributed by atoms with Crippen LogP contribution in [0.1, 0.15) is 52.4 Å². The summed E-state index contributed by atoms with van der Waals surface area (Å²) in [6.45, 7) is 0.779. The number of carbonyl (C=O) groups excluding carboxylic acids is 1. The fraction of sp³-hybridized carbons (Fsp3) is 0.409. The first kappa shape index (κ1) is 17.0. The summed E-state index contributed by atoms with van der Waals surface area (Å²) in [5, 5.41) is 0. The van der Waals surface area contributed by atoms with E-state index in [2.05, 4.69) is 12.1 Å². The number of ether oxygens (including phenoxy) is 2. The normalized spacial score (nSPS) is 18.7. The van der Waals surface area contributed by atoms with Gasteiger partial charge in [-0.05, 0) is 73.6 Å². The second kappa shape index (κ2) is 7.02. The van der Waals surface area contributed by atoms with Gasteiger partial charge < -0.3 is 14.4 Å². The Balaban J connectivity index is 1.65. The first-order valence-corrected chi connectivity index (χ1v) is 9.36. The van der Waals surface area contributed by atoms with Gasteiger partial charge in [0.2, 0.25) is 0 Å². The van der Waals surface area contributed by atoms with E-state index in [1.54, 1.807) is 14.2 Å². The van der Waals surface area contributed by atoms with E-state index in [0.29, 0.717) is 0 Å². The van der Waals surface area contributed by atoms with E-state index in [1.165, 1.54) is 17.5 Å². The Morgan fingerprint density at radius 2 is 1.85 bits per heavy atom. The number of carbonyl (C=O) groups is 1. The Labute approximate surface area is 154 Å². The molecule has 4 nitrogen and oxygen atoms in total. The van der Waals surface area contributed by atoms with E-state index in [9.17, 15) is 4.79 Å². The van der Waals surface area contributed by atoms with Gasteiger partial charge in [0.05, 0.1) is 20.3 Å². The second-order valence-corrected chi connectivity index (χ2v) is 7.10. The van der Waals surface area contributed by atoms with Crippen LogP contribution < -0.4 is 9.47 Å². The number of hydrogen-bond acceptors (Lipinski definition) is 3. The minimum absolute atomic E-state index is 0.0285. The first-order chi connectivity index (χ1) is 12.7. The number of likely N-dealkylation sites (tertiary alicyclic amines) is 1. The molecule has 0 radical (unpaired) electrons. The Hall–Kier alpha value is -2.49. The summed E-state index contributed by atoms with van der Waals surface area (Å²) >= 11 is 0. The van der Waals surface area contributed by atoms with Gasteiger partial charge in [-0.25, -0.2) is 0 Å². The van der Waals surface area contributed by atoms with E-state index >= 15 is 0 Å². The SMILES string of the molecule is COc1ccc(OC)c(C2CCCN2C(=O)c2ccc3c(c2)CCC3)c1. The van der Waals surface area contributed by atoms with Crippen molar-refractivity contribution in [3.8, 4) is 11.5 Å². The molecule has 26 heavy (non-hydrogen) atoms. The highest BCUT2D eigenvalue weighted by atomic mass is 16.5. The largest absolute Gasteiger partial charge is 0.497 e. The van der Waals surface area contributed by atoms with Gasteiger partial charge in [0.15, 0.2) is 0 Å². The number of amides is 1. The van der Waals surface area contributed by atoms with E-state index in [0.717, 1.165) is 54.9 Å². The third-order valence-electron chi connectivity index (χ3n) is 5.65. The predicted octanol–water partition coefficient (Wildman–Crippen LogP) is 4.17. The highest BCUT2D eigenvalue weighted by molar-refractivity contribution is 5.95. The Kier molecular flexibility index (Phi) is 4.58. The van der Waals surface area contributed by atoms with Crippen molar-refractivity contribution < 1.29 is 14.3 Å². The third kappa shape index (κ3) is 2.94. The minimum Gasteiger partial charge on any atom is -0.497 e. The summed E-state index contributed by atoms with van der Waals surface area (Å²) in [5.41, 5.74) is 4.57. The van der Waals surface area contributed by atoms with Crippen LogP contribution in [-0.4, -0.2) is 31.6 Å². The quantitative estimate of drug-likeness (QED) is 0.830. The van der Waals surface area contributed by atoms with Gasteiger partial charge in [0, 0.05) is 17.7 Å². The molecule has 1 saturated heterocycles. The monoisotopic (exact) mass is 351 g/mol. The van der Waals surface area contributed by atoms with Crippen LogP contribution in [0.4, 0.5) is 0 Å². The lowest BCUT2D eigenvalue weighted by Gasteiger charge is -2.27. The lowest BCUT2D eigenvalue weighted by Crippen LogP contribution is -2.30. The van der Waals surface area contributed by atoms with E-state index in [-0.39, 0.29) is 11.9 Å². The summed E-state index contributed by atoms with van der Waals surface area (Å²) in [6.07, 6.45) is 5.36. The Morgan fingerprint density at radius 1 is 1.00 bits per heavy atom. The topological polar surface area (TPSA) is 38.8 Å². The molecule has 0 bridgehead atoms. The summed E-state index contributed by atoms with van der Waals surface area (Å²) in [6, 6.07) is 12.1. The van der Waals surface area contributed by atoms with Gasteiger partial charge in [0.25, 0.3) is 5.91 Å². The number of fused-ring (bicyclic) bond motifs is 1. The van der Waals surface area contributed by atoms with Crippen molar-refractivity contribution in [1.82, 2.24) is 4.90 Å². The molecule has 136 valence electrons. The number of methoxy groups -OCH3 is 2. The van der Waals surface area contributed by atoms with Crippen LogP contribution in [0.3, 0.4) is 0 Å². The van der Waals surface area contributed by atoms with Crippen LogP contribution in [0.15, 0.2) is 36.4 Å². The average molecular weight is 351 g/mol. The molecule has 0 saturated carbocycles. The zero-order chi connectivity index (χ0) is 18.1. The molecule has 0 N–H and O–H groups in total. The molecule has 1 atom stereocenters. The second-order valence-electron chi connectivity index (χ2n) is 7.10. The smallest absolute Gasteiger partial charge is 0.254 e. The van der Waals surface area contributed by atoms with E-state index in [4.69, 9.17) is 9.47 Å². The number of nitrogens with zero attached hydrogens (tertiary/aromatic N) is 1. The van der Waals surface area contributed by atoms with Crippen LogP contribution in [0, 0.1) is 0 Å². The zero-order valence-corrected chi connectivity index (χ0v) is 15.5. The van der Waals surface area contributed by atoms with Crippen LogP contribution in [0.2, 0.25) is 0 Å². The number of rotatable bonds is 4. The van der Waals surface area contributed by atoms with Crippen LogP contribution >= 0.6 is 0 Å². The maximum atomic E-state index is 13.2. The highest BCUT2D eigenvalue weighted by Crippen LogP contribution is 2.39. The van der Waals surface area contributed by atoms with Gasteiger partial charge >= 0.3 is 0 Å². The molecule has 4 rings (SSSR count). The molecule has 1 aliphatic carbocycles. The highest BCUT2D eigenvalue weighted by Gasteiger charge is 2.33. The van der Waals surface area contributed by atoms with Crippen molar-refractivity contribution in [3.05, 3.63) is 58.7 Å². The molecule has 2 aromatic rings. The molecule has 4 heteroatoms. The summed E-state index contributed by atoms with van der Waals surface area (Å²) < 4.78 is 10.9. The van der Waals surface area contributed by atoms with Crippen molar-refractivity contribution >= 4 is 5.91 Å². The molecule has 1 unspecified atom stereocenters. The van der Waals surface area contributed by atoms with Crippen molar-refractivity contribution in [3.63, 3.8) is 0 Å².